The van der Waals surface area contributed by atoms with E-state index in [4.69, 9.17) is 27.9 Å². The monoisotopic (exact) mass is 578 g/mol. The molecule has 0 radical (unpaired) electrons. The summed E-state index contributed by atoms with van der Waals surface area (Å²) in [7, 11) is 0. The topological polar surface area (TPSA) is 75.7 Å². The molecule has 2 amide bonds. The van der Waals surface area contributed by atoms with Gasteiger partial charge < -0.3 is 10.1 Å². The van der Waals surface area contributed by atoms with Crippen LogP contribution in [0.1, 0.15) is 22.8 Å². The Labute approximate surface area is 240 Å². The molecule has 2 aliphatic heterocycles. The number of carbonyl (C=O) groups excluding carboxylic acids is 3. The van der Waals surface area contributed by atoms with E-state index in [1.165, 1.54) is 22.7 Å². The molecule has 0 spiro atoms. The summed E-state index contributed by atoms with van der Waals surface area (Å²) in [6, 6.07) is 27.3. The normalized spacial score (nSPS) is 18.2. The van der Waals surface area contributed by atoms with Crippen LogP contribution in [0.3, 0.4) is 0 Å². The van der Waals surface area contributed by atoms with Crippen LogP contribution in [0.25, 0.3) is 0 Å². The first-order chi connectivity index (χ1) is 18.9. The zero-order valence-electron chi connectivity index (χ0n) is 20.6. The molecule has 5 rings (SSSR count). The quantitative estimate of drug-likeness (QED) is 0.281. The van der Waals surface area contributed by atoms with Crippen molar-refractivity contribution in [2.45, 2.75) is 23.9 Å². The highest BCUT2D eigenvalue weighted by Gasteiger charge is 2.54. The van der Waals surface area contributed by atoms with Crippen molar-refractivity contribution in [3.63, 3.8) is 0 Å². The Kier molecular flexibility index (Phi) is 8.41. The van der Waals surface area contributed by atoms with Crippen molar-refractivity contribution in [3.05, 3.63) is 130 Å². The highest BCUT2D eigenvalue weighted by atomic mass is 35.5. The van der Waals surface area contributed by atoms with Crippen LogP contribution < -0.4 is 5.32 Å². The number of rotatable bonds is 8. The molecule has 198 valence electrons. The number of allylic oxidation sites excluding steroid dienone is 1. The van der Waals surface area contributed by atoms with Crippen LogP contribution in [0.2, 0.25) is 0 Å². The fourth-order valence-electron chi connectivity index (χ4n) is 4.63. The molecule has 39 heavy (non-hydrogen) atoms. The summed E-state index contributed by atoms with van der Waals surface area (Å²) in [5, 5.41) is 2.37. The SMILES string of the molecule is O=C(Cc1ccccc1)NC1C(=O)N2C(C(=O)OC(c3ccccc3)c3ccccc3)=C(C=C(Cl)Cl)CS[C@H]12. The minimum absolute atomic E-state index is 0.0438. The lowest BCUT2D eigenvalue weighted by Crippen LogP contribution is -2.70. The third-order valence-electron chi connectivity index (χ3n) is 6.43. The average molecular weight is 580 g/mol. The number of hydrogen-bond donors (Lipinski definition) is 1. The molecule has 1 N–H and O–H groups in total. The number of esters is 1. The summed E-state index contributed by atoms with van der Waals surface area (Å²) in [5.41, 5.74) is 2.97. The molecule has 9 heteroatoms. The number of nitrogens with zero attached hydrogens (tertiary/aromatic N) is 1. The number of amides is 2. The van der Waals surface area contributed by atoms with Crippen molar-refractivity contribution in [2.75, 3.05) is 5.75 Å². The zero-order valence-corrected chi connectivity index (χ0v) is 23.0. The third-order valence-corrected chi connectivity index (χ3v) is 7.95. The Morgan fingerprint density at radius 3 is 2.08 bits per heavy atom. The number of halogens is 2. The molecule has 0 saturated carbocycles. The maximum atomic E-state index is 13.8. The number of carbonyl (C=O) groups is 3. The standard InChI is InChI=1S/C30H24Cl2N2O4S/c31-23(32)17-22-18-39-29-25(33-24(35)16-19-10-4-1-5-11-19)28(36)34(29)26(22)30(37)38-27(20-12-6-2-7-13-20)21-14-8-3-9-15-21/h1-15,17,25,27,29H,16,18H2,(H,33,35)/t25?,29-/m1/s1. The fraction of sp³-hybridized carbons (Fsp3) is 0.167. The third kappa shape index (κ3) is 6.06. The van der Waals surface area contributed by atoms with Crippen LogP contribution in [0.5, 0.6) is 0 Å². The molecule has 2 heterocycles. The smallest absolute Gasteiger partial charge is 0.356 e. The van der Waals surface area contributed by atoms with Gasteiger partial charge in [0, 0.05) is 5.75 Å². The van der Waals surface area contributed by atoms with E-state index >= 15 is 0 Å². The Balaban J connectivity index is 1.40. The minimum atomic E-state index is -0.759. The van der Waals surface area contributed by atoms with Gasteiger partial charge in [-0.25, -0.2) is 4.79 Å². The van der Waals surface area contributed by atoms with Gasteiger partial charge in [0.2, 0.25) is 5.91 Å². The van der Waals surface area contributed by atoms with Crippen LogP contribution in [0.15, 0.2) is 113 Å². The number of nitrogens with one attached hydrogen (secondary N) is 1. The van der Waals surface area contributed by atoms with Gasteiger partial charge in [-0.1, -0.05) is 114 Å². The molecule has 2 atom stereocenters. The van der Waals surface area contributed by atoms with Gasteiger partial charge in [0.05, 0.1) is 6.42 Å². The molecule has 0 aromatic heterocycles. The molecule has 2 aliphatic rings. The fourth-order valence-corrected chi connectivity index (χ4v) is 6.20. The van der Waals surface area contributed by atoms with E-state index < -0.39 is 29.4 Å². The highest BCUT2D eigenvalue weighted by molar-refractivity contribution is 8.00. The van der Waals surface area contributed by atoms with Crippen molar-refractivity contribution in [2.24, 2.45) is 0 Å². The van der Waals surface area contributed by atoms with E-state index in [2.05, 4.69) is 5.32 Å². The van der Waals surface area contributed by atoms with Crippen LogP contribution in [0.4, 0.5) is 0 Å². The maximum Gasteiger partial charge on any atom is 0.356 e. The van der Waals surface area contributed by atoms with Crippen molar-refractivity contribution >= 4 is 52.7 Å². The minimum Gasteiger partial charge on any atom is -0.448 e. The number of ether oxygens (including phenoxy) is 1. The van der Waals surface area contributed by atoms with Crippen molar-refractivity contribution in [1.82, 2.24) is 10.2 Å². The first-order valence-corrected chi connectivity index (χ1v) is 14.1. The lowest BCUT2D eigenvalue weighted by molar-refractivity contribution is -0.154. The Bertz CT molecular complexity index is 1390. The maximum absolute atomic E-state index is 13.8. The molecule has 0 aliphatic carbocycles. The second-order valence-electron chi connectivity index (χ2n) is 9.03. The summed E-state index contributed by atoms with van der Waals surface area (Å²) in [6.45, 7) is 0. The Hall–Kier alpha value is -3.52. The number of fused-ring (bicyclic) bond motifs is 1. The molecule has 0 bridgehead atoms. The Morgan fingerprint density at radius 1 is 0.949 bits per heavy atom. The largest absolute Gasteiger partial charge is 0.448 e. The van der Waals surface area contributed by atoms with Gasteiger partial charge in [0.25, 0.3) is 5.91 Å². The summed E-state index contributed by atoms with van der Waals surface area (Å²) in [5.74, 6) is -0.987. The van der Waals surface area contributed by atoms with Crippen molar-refractivity contribution < 1.29 is 19.1 Å². The van der Waals surface area contributed by atoms with E-state index in [1.807, 2.05) is 91.0 Å². The second-order valence-corrected chi connectivity index (χ2v) is 11.1. The van der Waals surface area contributed by atoms with Crippen molar-refractivity contribution in [3.8, 4) is 0 Å². The van der Waals surface area contributed by atoms with E-state index in [9.17, 15) is 14.4 Å². The first kappa shape index (κ1) is 27.1. The number of hydrogen-bond acceptors (Lipinski definition) is 5. The summed E-state index contributed by atoms with van der Waals surface area (Å²) >= 11 is 13.3. The number of thioether (sulfide) groups is 1. The molecular formula is C30H24Cl2N2O4S. The lowest BCUT2D eigenvalue weighted by atomic mass is 10.0. The average Bonchev–Trinajstić information content (AvgIpc) is 2.95. The predicted octanol–water partition coefficient (Wildman–Crippen LogP) is 5.53. The molecular weight excluding hydrogens is 555 g/mol. The molecule has 3 aromatic carbocycles. The lowest BCUT2D eigenvalue weighted by Gasteiger charge is -2.49. The van der Waals surface area contributed by atoms with Crippen LogP contribution in [-0.4, -0.2) is 39.9 Å². The molecule has 1 unspecified atom stereocenters. The van der Waals surface area contributed by atoms with Gasteiger partial charge >= 0.3 is 5.97 Å². The zero-order chi connectivity index (χ0) is 27.4. The molecule has 1 saturated heterocycles. The molecule has 3 aromatic rings. The van der Waals surface area contributed by atoms with E-state index in [0.717, 1.165) is 16.7 Å². The van der Waals surface area contributed by atoms with Crippen LogP contribution in [0, 0.1) is 0 Å². The predicted molar refractivity (Wildman–Crippen MR) is 153 cm³/mol. The number of benzene rings is 3. The van der Waals surface area contributed by atoms with Crippen LogP contribution >= 0.6 is 35.0 Å². The molecule has 6 nitrogen and oxygen atoms in total. The summed E-state index contributed by atoms with van der Waals surface area (Å²) in [6.07, 6.45) is 0.908. The highest BCUT2D eigenvalue weighted by Crippen LogP contribution is 2.42. The van der Waals surface area contributed by atoms with Gasteiger partial charge in [0.1, 0.15) is 21.6 Å². The first-order valence-electron chi connectivity index (χ1n) is 12.3. The summed E-state index contributed by atoms with van der Waals surface area (Å²) < 4.78 is 6.02. The molecule has 1 fully saturated rings. The van der Waals surface area contributed by atoms with Crippen molar-refractivity contribution in [1.29, 1.82) is 0 Å². The summed E-state index contributed by atoms with van der Waals surface area (Å²) in [4.78, 5) is 41.1. The van der Waals surface area contributed by atoms with Gasteiger partial charge in [-0.15, -0.1) is 11.8 Å². The second kappa shape index (κ2) is 12.1. The Morgan fingerprint density at radius 2 is 1.51 bits per heavy atom. The van der Waals surface area contributed by atoms with E-state index in [-0.39, 0.29) is 22.5 Å². The number of β-lactam (4-membered cyclic amide) rings is 1. The van der Waals surface area contributed by atoms with Gasteiger partial charge in [0.15, 0.2) is 6.10 Å². The van der Waals surface area contributed by atoms with Crippen LogP contribution in [-0.2, 0) is 25.5 Å². The van der Waals surface area contributed by atoms with E-state index in [1.54, 1.807) is 0 Å². The van der Waals surface area contributed by atoms with Gasteiger partial charge in [-0.05, 0) is 28.3 Å². The van der Waals surface area contributed by atoms with Gasteiger partial charge in [-0.3, -0.25) is 14.5 Å². The van der Waals surface area contributed by atoms with Gasteiger partial charge in [-0.2, -0.15) is 0 Å². The van der Waals surface area contributed by atoms with E-state index in [0.29, 0.717) is 11.3 Å².